The van der Waals surface area contributed by atoms with Crippen LogP contribution < -0.4 is 5.43 Å². The SMILES string of the molecule is [N-]=[N+]=NC(c1ccccc1)c1c(-c2ccccc2)oc2ccccc2c1=O. The van der Waals surface area contributed by atoms with Crippen LogP contribution in [0.1, 0.15) is 17.2 Å². The molecule has 1 aromatic heterocycles. The lowest BCUT2D eigenvalue weighted by Gasteiger charge is -2.16. The Hall–Kier alpha value is -3.82. The normalized spacial score (nSPS) is 11.7. The number of fused-ring (bicyclic) bond motifs is 1. The molecule has 0 N–H and O–H groups in total. The lowest BCUT2D eigenvalue weighted by atomic mass is 9.94. The lowest BCUT2D eigenvalue weighted by molar-refractivity contribution is 0.603. The third kappa shape index (κ3) is 3.08. The Kier molecular flexibility index (Phi) is 4.44. The van der Waals surface area contributed by atoms with Crippen LogP contribution >= 0.6 is 0 Å². The van der Waals surface area contributed by atoms with Crippen LogP contribution in [0.5, 0.6) is 0 Å². The molecule has 5 heteroatoms. The number of para-hydroxylation sites is 1. The fourth-order valence-electron chi connectivity index (χ4n) is 3.19. The summed E-state index contributed by atoms with van der Waals surface area (Å²) in [6, 6.07) is 24.9. The topological polar surface area (TPSA) is 79.0 Å². The highest BCUT2D eigenvalue weighted by molar-refractivity contribution is 5.81. The Bertz CT molecular complexity index is 1190. The number of rotatable bonds is 4. The van der Waals surface area contributed by atoms with Crippen LogP contribution in [0, 0.1) is 0 Å². The van der Waals surface area contributed by atoms with Crippen molar-refractivity contribution in [2.75, 3.05) is 0 Å². The molecule has 0 amide bonds. The van der Waals surface area contributed by atoms with E-state index in [0.717, 1.165) is 11.1 Å². The number of nitrogens with zero attached hydrogens (tertiary/aromatic N) is 3. The fraction of sp³-hybridized carbons (Fsp3) is 0.0455. The Morgan fingerprint density at radius 3 is 2.19 bits per heavy atom. The van der Waals surface area contributed by atoms with Gasteiger partial charge in [0.15, 0.2) is 5.43 Å². The van der Waals surface area contributed by atoms with E-state index in [9.17, 15) is 4.79 Å². The van der Waals surface area contributed by atoms with Crippen molar-refractivity contribution in [1.29, 1.82) is 0 Å². The molecule has 3 aromatic carbocycles. The van der Waals surface area contributed by atoms with E-state index >= 15 is 0 Å². The van der Waals surface area contributed by atoms with Crippen LogP contribution in [-0.4, -0.2) is 0 Å². The van der Waals surface area contributed by atoms with Gasteiger partial charge >= 0.3 is 0 Å². The summed E-state index contributed by atoms with van der Waals surface area (Å²) >= 11 is 0. The van der Waals surface area contributed by atoms with Gasteiger partial charge < -0.3 is 4.42 Å². The molecule has 27 heavy (non-hydrogen) atoms. The molecule has 130 valence electrons. The molecule has 0 fully saturated rings. The van der Waals surface area contributed by atoms with Crippen LogP contribution in [0.25, 0.3) is 32.7 Å². The molecule has 0 spiro atoms. The summed E-state index contributed by atoms with van der Waals surface area (Å²) in [5.74, 6) is 0.417. The maximum Gasteiger partial charge on any atom is 0.197 e. The molecule has 4 aromatic rings. The number of hydrogen-bond acceptors (Lipinski definition) is 3. The lowest BCUT2D eigenvalue weighted by Crippen LogP contribution is -2.15. The van der Waals surface area contributed by atoms with E-state index in [1.807, 2.05) is 66.7 Å². The minimum atomic E-state index is -0.785. The van der Waals surface area contributed by atoms with Crippen LogP contribution in [0.15, 0.2) is 99.3 Å². The van der Waals surface area contributed by atoms with Crippen molar-refractivity contribution in [2.45, 2.75) is 6.04 Å². The van der Waals surface area contributed by atoms with Crippen molar-refractivity contribution in [3.05, 3.63) is 117 Å². The first-order valence-corrected chi connectivity index (χ1v) is 8.50. The maximum absolute atomic E-state index is 13.4. The first-order valence-electron chi connectivity index (χ1n) is 8.50. The molecule has 0 aliphatic rings. The average molecular weight is 353 g/mol. The van der Waals surface area contributed by atoms with Crippen molar-refractivity contribution in [1.82, 2.24) is 0 Å². The summed E-state index contributed by atoms with van der Waals surface area (Å²) < 4.78 is 6.13. The number of benzene rings is 3. The first-order chi connectivity index (χ1) is 13.3. The fourth-order valence-corrected chi connectivity index (χ4v) is 3.19. The molecule has 5 nitrogen and oxygen atoms in total. The van der Waals surface area contributed by atoms with Gasteiger partial charge in [-0.25, -0.2) is 0 Å². The summed E-state index contributed by atoms with van der Waals surface area (Å²) in [6.07, 6.45) is 0. The van der Waals surface area contributed by atoms with Gasteiger partial charge in [0.2, 0.25) is 0 Å². The van der Waals surface area contributed by atoms with Gasteiger partial charge in [-0.1, -0.05) is 77.9 Å². The van der Waals surface area contributed by atoms with Crippen LogP contribution in [0.2, 0.25) is 0 Å². The summed E-state index contributed by atoms with van der Waals surface area (Å²) in [6.45, 7) is 0. The van der Waals surface area contributed by atoms with Crippen molar-refractivity contribution in [2.24, 2.45) is 5.11 Å². The second-order valence-electron chi connectivity index (χ2n) is 6.05. The van der Waals surface area contributed by atoms with E-state index < -0.39 is 6.04 Å². The van der Waals surface area contributed by atoms with Gasteiger partial charge in [-0.2, -0.15) is 0 Å². The van der Waals surface area contributed by atoms with Gasteiger partial charge in [0.25, 0.3) is 0 Å². The molecule has 0 aliphatic carbocycles. The van der Waals surface area contributed by atoms with E-state index in [0.29, 0.717) is 22.3 Å². The molecular weight excluding hydrogens is 338 g/mol. The Labute approximate surface area is 155 Å². The molecule has 0 bridgehead atoms. The molecule has 4 rings (SSSR count). The Morgan fingerprint density at radius 1 is 0.852 bits per heavy atom. The molecule has 0 radical (unpaired) electrons. The highest BCUT2D eigenvalue weighted by Gasteiger charge is 2.24. The van der Waals surface area contributed by atoms with Gasteiger partial charge in [0.1, 0.15) is 11.3 Å². The molecule has 1 atom stereocenters. The quantitative estimate of drug-likeness (QED) is 0.262. The van der Waals surface area contributed by atoms with Gasteiger partial charge in [-0.05, 0) is 23.2 Å². The summed E-state index contributed by atoms with van der Waals surface area (Å²) in [5, 5.41) is 4.40. The zero-order valence-electron chi connectivity index (χ0n) is 14.3. The molecule has 1 heterocycles. The zero-order valence-corrected chi connectivity index (χ0v) is 14.3. The smallest absolute Gasteiger partial charge is 0.197 e. The summed E-state index contributed by atoms with van der Waals surface area (Å²) in [4.78, 5) is 16.4. The molecular formula is C22H15N3O2. The largest absolute Gasteiger partial charge is 0.456 e. The van der Waals surface area contributed by atoms with Crippen molar-refractivity contribution in [3.8, 4) is 11.3 Å². The Balaban J connectivity index is 2.10. The molecule has 1 unspecified atom stereocenters. The van der Waals surface area contributed by atoms with Gasteiger partial charge in [0, 0.05) is 10.5 Å². The molecule has 0 aliphatic heterocycles. The minimum Gasteiger partial charge on any atom is -0.456 e. The second-order valence-corrected chi connectivity index (χ2v) is 6.05. The first kappa shape index (κ1) is 16.6. The van der Waals surface area contributed by atoms with Crippen LogP contribution in [-0.2, 0) is 0 Å². The second kappa shape index (κ2) is 7.20. The predicted octanol–water partition coefficient (Wildman–Crippen LogP) is 5.86. The summed E-state index contributed by atoms with van der Waals surface area (Å²) in [7, 11) is 0. The number of azide groups is 1. The standard InChI is InChI=1S/C22H15N3O2/c23-25-24-20(15-9-3-1-4-10-15)19-21(26)17-13-7-8-14-18(17)27-22(19)16-11-5-2-6-12-16/h1-14,20H. The molecule has 0 saturated carbocycles. The monoisotopic (exact) mass is 353 g/mol. The van der Waals surface area contributed by atoms with Crippen molar-refractivity contribution in [3.63, 3.8) is 0 Å². The van der Waals surface area contributed by atoms with Gasteiger partial charge in [-0.15, -0.1) is 0 Å². The third-order valence-electron chi connectivity index (χ3n) is 4.42. The maximum atomic E-state index is 13.4. The molecule has 0 saturated heterocycles. The van der Waals surface area contributed by atoms with Crippen molar-refractivity contribution < 1.29 is 4.42 Å². The van der Waals surface area contributed by atoms with E-state index in [2.05, 4.69) is 10.0 Å². The van der Waals surface area contributed by atoms with Crippen molar-refractivity contribution >= 4 is 11.0 Å². The average Bonchev–Trinajstić information content (AvgIpc) is 2.74. The van der Waals surface area contributed by atoms with E-state index in [1.54, 1.807) is 18.2 Å². The zero-order chi connectivity index (χ0) is 18.6. The Morgan fingerprint density at radius 2 is 1.48 bits per heavy atom. The third-order valence-corrected chi connectivity index (χ3v) is 4.42. The highest BCUT2D eigenvalue weighted by Crippen LogP contribution is 2.34. The van der Waals surface area contributed by atoms with Crippen LogP contribution in [0.3, 0.4) is 0 Å². The minimum absolute atomic E-state index is 0.197. The summed E-state index contributed by atoms with van der Waals surface area (Å²) in [5.41, 5.74) is 11.3. The van der Waals surface area contributed by atoms with E-state index in [1.165, 1.54) is 0 Å². The van der Waals surface area contributed by atoms with Crippen LogP contribution in [0.4, 0.5) is 0 Å². The number of hydrogen-bond donors (Lipinski definition) is 0. The predicted molar refractivity (Wildman–Crippen MR) is 105 cm³/mol. The van der Waals surface area contributed by atoms with Gasteiger partial charge in [-0.3, -0.25) is 4.79 Å². The highest BCUT2D eigenvalue weighted by atomic mass is 16.3. The van der Waals surface area contributed by atoms with Gasteiger partial charge in [0.05, 0.1) is 17.0 Å². The van der Waals surface area contributed by atoms with E-state index in [4.69, 9.17) is 9.95 Å². The van der Waals surface area contributed by atoms with E-state index in [-0.39, 0.29) is 5.43 Å².